The lowest BCUT2D eigenvalue weighted by Crippen LogP contribution is -2.41. The molecule has 0 radical (unpaired) electrons. The van der Waals surface area contributed by atoms with Gasteiger partial charge in [-0.1, -0.05) is 13.8 Å². The second-order valence-electron chi connectivity index (χ2n) is 6.60. The lowest BCUT2D eigenvalue weighted by Gasteiger charge is -2.36. The Kier molecular flexibility index (Phi) is 5.24. The van der Waals surface area contributed by atoms with Crippen molar-refractivity contribution in [2.45, 2.75) is 33.6 Å². The molecule has 1 N–H and O–H groups in total. The highest BCUT2D eigenvalue weighted by molar-refractivity contribution is 7.12. The van der Waals surface area contributed by atoms with E-state index in [1.165, 1.54) is 18.4 Å². The van der Waals surface area contributed by atoms with Gasteiger partial charge in [-0.05, 0) is 49.2 Å². The van der Waals surface area contributed by atoms with Crippen LogP contribution in [0.4, 0.5) is 5.69 Å². The van der Waals surface area contributed by atoms with Crippen LogP contribution in [-0.4, -0.2) is 43.5 Å². The number of ether oxygens (including phenoxy) is 1. The third-order valence-corrected chi connectivity index (χ3v) is 5.26. The maximum Gasteiger partial charge on any atom is 0.350 e. The van der Waals surface area contributed by atoms with Crippen LogP contribution in [0.25, 0.3) is 0 Å². The summed E-state index contributed by atoms with van der Waals surface area (Å²) in [6.45, 7) is 8.65. The van der Waals surface area contributed by atoms with Crippen molar-refractivity contribution in [3.05, 3.63) is 15.8 Å². The third-order valence-electron chi connectivity index (χ3n) is 4.19. The fourth-order valence-electron chi connectivity index (χ4n) is 2.54. The fourth-order valence-corrected chi connectivity index (χ4v) is 3.46. The summed E-state index contributed by atoms with van der Waals surface area (Å²) in [5.74, 6) is -0.487. The van der Waals surface area contributed by atoms with E-state index < -0.39 is 5.97 Å². The van der Waals surface area contributed by atoms with Gasteiger partial charge in [-0.3, -0.25) is 9.69 Å². The van der Waals surface area contributed by atoms with Crippen LogP contribution in [0.5, 0.6) is 0 Å². The van der Waals surface area contributed by atoms with Gasteiger partial charge in [0.15, 0.2) is 0 Å². The Bertz CT molecular complexity index is 556. The molecule has 5 nitrogen and oxygen atoms in total. The lowest BCUT2D eigenvalue weighted by molar-refractivity contribution is -0.117. The molecule has 1 aromatic rings. The number of methoxy groups -OCH3 is 1. The number of anilines is 1. The van der Waals surface area contributed by atoms with Crippen molar-refractivity contribution in [2.24, 2.45) is 5.41 Å². The number of carbonyl (C=O) groups excluding carboxylic acids is 2. The zero-order valence-corrected chi connectivity index (χ0v) is 14.5. The largest absolute Gasteiger partial charge is 0.465 e. The topological polar surface area (TPSA) is 58.6 Å². The highest BCUT2D eigenvalue weighted by Crippen LogP contribution is 2.30. The van der Waals surface area contributed by atoms with Gasteiger partial charge in [0.2, 0.25) is 5.91 Å². The Morgan fingerprint density at radius 3 is 2.59 bits per heavy atom. The number of thiophene rings is 1. The van der Waals surface area contributed by atoms with Crippen LogP contribution in [0.1, 0.15) is 41.9 Å². The SMILES string of the molecule is COC(=O)c1scc(C)c1NC(=O)CN1CCC(C)(C)CC1. The monoisotopic (exact) mass is 324 g/mol. The second-order valence-corrected chi connectivity index (χ2v) is 7.48. The summed E-state index contributed by atoms with van der Waals surface area (Å²) in [6.07, 6.45) is 2.20. The van der Waals surface area contributed by atoms with Crippen molar-refractivity contribution < 1.29 is 14.3 Å². The van der Waals surface area contributed by atoms with E-state index in [9.17, 15) is 9.59 Å². The first-order valence-corrected chi connectivity index (χ1v) is 8.39. The Morgan fingerprint density at radius 1 is 1.36 bits per heavy atom. The van der Waals surface area contributed by atoms with Gasteiger partial charge in [-0.2, -0.15) is 0 Å². The molecule has 122 valence electrons. The van der Waals surface area contributed by atoms with Gasteiger partial charge in [0.25, 0.3) is 0 Å². The van der Waals surface area contributed by atoms with Gasteiger partial charge in [0, 0.05) is 0 Å². The van der Waals surface area contributed by atoms with Crippen molar-refractivity contribution in [2.75, 3.05) is 32.1 Å². The first-order chi connectivity index (χ1) is 10.3. The van der Waals surface area contributed by atoms with Crippen molar-refractivity contribution in [1.29, 1.82) is 0 Å². The molecule has 1 saturated heterocycles. The Labute approximate surface area is 135 Å². The number of nitrogens with zero attached hydrogens (tertiary/aromatic N) is 1. The average molecular weight is 324 g/mol. The quantitative estimate of drug-likeness (QED) is 0.865. The molecular formula is C16H24N2O3S. The van der Waals surface area contributed by atoms with Crippen LogP contribution < -0.4 is 5.32 Å². The number of likely N-dealkylation sites (tertiary alicyclic amines) is 1. The molecule has 0 unspecified atom stereocenters. The predicted molar refractivity (Wildman–Crippen MR) is 88.5 cm³/mol. The van der Waals surface area contributed by atoms with Crippen molar-refractivity contribution in [3.63, 3.8) is 0 Å². The molecule has 0 aromatic carbocycles. The van der Waals surface area contributed by atoms with Crippen LogP contribution in [0.3, 0.4) is 0 Å². The van der Waals surface area contributed by atoms with E-state index in [2.05, 4.69) is 24.1 Å². The number of rotatable bonds is 4. The molecule has 0 spiro atoms. The summed E-state index contributed by atoms with van der Waals surface area (Å²) in [5.41, 5.74) is 1.84. The van der Waals surface area contributed by atoms with Crippen molar-refractivity contribution in [3.8, 4) is 0 Å². The zero-order chi connectivity index (χ0) is 16.3. The van der Waals surface area contributed by atoms with Gasteiger partial charge in [0.1, 0.15) is 4.88 Å². The number of hydrogen-bond acceptors (Lipinski definition) is 5. The van der Waals surface area contributed by atoms with Crippen molar-refractivity contribution in [1.82, 2.24) is 4.90 Å². The minimum absolute atomic E-state index is 0.0774. The molecule has 0 bridgehead atoms. The van der Waals surface area contributed by atoms with Crippen LogP contribution >= 0.6 is 11.3 Å². The van der Waals surface area contributed by atoms with Crippen molar-refractivity contribution >= 4 is 28.9 Å². The standard InChI is InChI=1S/C16H24N2O3S/c1-11-10-22-14(15(20)21-4)13(11)17-12(19)9-18-7-5-16(2,3)6-8-18/h10H,5-9H2,1-4H3,(H,17,19). The Morgan fingerprint density at radius 2 is 2.00 bits per heavy atom. The van der Waals surface area contributed by atoms with Gasteiger partial charge < -0.3 is 10.1 Å². The molecular weight excluding hydrogens is 300 g/mol. The van der Waals surface area contributed by atoms with Crippen LogP contribution in [0, 0.1) is 12.3 Å². The van der Waals surface area contributed by atoms with E-state index in [1.54, 1.807) is 0 Å². The molecule has 6 heteroatoms. The number of nitrogens with one attached hydrogen (secondary N) is 1. The summed E-state index contributed by atoms with van der Waals surface area (Å²) >= 11 is 1.29. The smallest absolute Gasteiger partial charge is 0.350 e. The summed E-state index contributed by atoms with van der Waals surface area (Å²) in [7, 11) is 1.35. The number of hydrogen-bond donors (Lipinski definition) is 1. The summed E-state index contributed by atoms with van der Waals surface area (Å²) < 4.78 is 4.75. The number of aryl methyl sites for hydroxylation is 1. The Hall–Kier alpha value is -1.40. The van der Waals surface area contributed by atoms with Crippen LogP contribution in [0.2, 0.25) is 0 Å². The third kappa shape index (κ3) is 4.08. The lowest BCUT2D eigenvalue weighted by atomic mass is 9.83. The summed E-state index contributed by atoms with van der Waals surface area (Å²) in [4.78, 5) is 26.6. The molecule has 1 aromatic heterocycles. The van der Waals surface area contributed by atoms with Crippen LogP contribution in [-0.2, 0) is 9.53 Å². The minimum Gasteiger partial charge on any atom is -0.465 e. The van der Waals surface area contributed by atoms with E-state index in [-0.39, 0.29) is 5.91 Å². The zero-order valence-electron chi connectivity index (χ0n) is 13.7. The Balaban J connectivity index is 1.96. The molecule has 1 aliphatic heterocycles. The minimum atomic E-state index is -0.409. The molecule has 2 heterocycles. The molecule has 2 rings (SSSR count). The van der Waals surface area contributed by atoms with Gasteiger partial charge in [0.05, 0.1) is 19.3 Å². The van der Waals surface area contributed by atoms with Gasteiger partial charge >= 0.3 is 5.97 Å². The van der Waals surface area contributed by atoms with Gasteiger partial charge in [-0.15, -0.1) is 11.3 Å². The van der Waals surface area contributed by atoms with Gasteiger partial charge in [-0.25, -0.2) is 4.79 Å². The first-order valence-electron chi connectivity index (χ1n) is 7.51. The summed E-state index contributed by atoms with van der Waals surface area (Å²) in [6, 6.07) is 0. The van der Waals surface area contributed by atoms with E-state index >= 15 is 0 Å². The first kappa shape index (κ1) is 17.0. The molecule has 1 fully saturated rings. The molecule has 0 aliphatic carbocycles. The van der Waals surface area contributed by atoms with Crippen LogP contribution in [0.15, 0.2) is 5.38 Å². The average Bonchev–Trinajstić information content (AvgIpc) is 2.82. The summed E-state index contributed by atoms with van der Waals surface area (Å²) in [5, 5.41) is 4.72. The molecule has 22 heavy (non-hydrogen) atoms. The molecule has 1 amide bonds. The number of esters is 1. The maximum absolute atomic E-state index is 12.3. The second kappa shape index (κ2) is 6.79. The normalized spacial score (nSPS) is 18.0. The molecule has 1 aliphatic rings. The molecule has 0 atom stereocenters. The number of amides is 1. The fraction of sp³-hybridized carbons (Fsp3) is 0.625. The van der Waals surface area contributed by atoms with E-state index in [0.29, 0.717) is 22.5 Å². The molecule has 0 saturated carbocycles. The number of carbonyl (C=O) groups is 2. The highest BCUT2D eigenvalue weighted by atomic mass is 32.1. The number of piperidine rings is 1. The van der Waals surface area contributed by atoms with E-state index in [1.807, 2.05) is 12.3 Å². The van der Waals surface area contributed by atoms with E-state index in [4.69, 9.17) is 4.74 Å². The maximum atomic E-state index is 12.3. The van der Waals surface area contributed by atoms with E-state index in [0.717, 1.165) is 31.5 Å². The highest BCUT2D eigenvalue weighted by Gasteiger charge is 2.26. The predicted octanol–water partition coefficient (Wildman–Crippen LogP) is 2.90.